The van der Waals surface area contributed by atoms with Gasteiger partial charge in [0.05, 0.1) is 23.2 Å². The zero-order chi connectivity index (χ0) is 15.6. The third kappa shape index (κ3) is 3.66. The molecule has 2 rings (SSSR count). The highest BCUT2D eigenvalue weighted by molar-refractivity contribution is 7.11. The van der Waals surface area contributed by atoms with Crippen LogP contribution in [-0.4, -0.2) is 21.1 Å². The first-order chi connectivity index (χ1) is 9.86. The van der Waals surface area contributed by atoms with E-state index in [1.165, 1.54) is 0 Å². The molecule has 0 fully saturated rings. The lowest BCUT2D eigenvalue weighted by Gasteiger charge is -2.12. The largest absolute Gasteiger partial charge is 0.348 e. The minimum Gasteiger partial charge on any atom is -0.348 e. The summed E-state index contributed by atoms with van der Waals surface area (Å²) < 4.78 is 0. The Morgan fingerprint density at radius 3 is 2.71 bits per heavy atom. The van der Waals surface area contributed by atoms with Crippen molar-refractivity contribution in [2.24, 2.45) is 0 Å². The fourth-order valence-electron chi connectivity index (χ4n) is 2.07. The molecule has 0 aliphatic rings. The third-order valence-corrected chi connectivity index (χ3v) is 3.88. The van der Waals surface area contributed by atoms with Crippen LogP contribution in [0.3, 0.4) is 0 Å². The summed E-state index contributed by atoms with van der Waals surface area (Å²) >= 11 is 1.57. The van der Waals surface area contributed by atoms with E-state index in [2.05, 4.69) is 20.5 Å². The molecule has 8 heteroatoms. The molecular weight excluding hydrogens is 292 g/mol. The van der Waals surface area contributed by atoms with Crippen molar-refractivity contribution in [3.05, 3.63) is 47.9 Å². The van der Waals surface area contributed by atoms with Gasteiger partial charge in [0, 0.05) is 16.5 Å². The van der Waals surface area contributed by atoms with E-state index in [0.717, 1.165) is 21.6 Å². The molecule has 0 saturated carbocycles. The van der Waals surface area contributed by atoms with Gasteiger partial charge in [-0.1, -0.05) is 0 Å². The number of amides is 1. The van der Waals surface area contributed by atoms with E-state index < -0.39 is 11.1 Å². The minimum atomic E-state index is -0.474. The van der Waals surface area contributed by atoms with Crippen LogP contribution >= 0.6 is 11.3 Å². The van der Waals surface area contributed by atoms with Crippen molar-refractivity contribution in [2.75, 3.05) is 0 Å². The molecule has 0 bridgehead atoms. The summed E-state index contributed by atoms with van der Waals surface area (Å²) in [5.74, 6) is -0.330. The lowest BCUT2D eigenvalue weighted by molar-refractivity contribution is -0.121. The number of nitrogens with one attached hydrogen (secondary N) is 3. The van der Waals surface area contributed by atoms with E-state index in [9.17, 15) is 14.4 Å². The quantitative estimate of drug-likeness (QED) is 0.766. The van der Waals surface area contributed by atoms with Gasteiger partial charge in [0.1, 0.15) is 0 Å². The van der Waals surface area contributed by atoms with Gasteiger partial charge >= 0.3 is 0 Å². The molecule has 0 aliphatic carbocycles. The summed E-state index contributed by atoms with van der Waals surface area (Å²) in [6.45, 7) is 5.69. The van der Waals surface area contributed by atoms with Gasteiger partial charge in [0.15, 0.2) is 0 Å². The number of aromatic nitrogens is 3. The summed E-state index contributed by atoms with van der Waals surface area (Å²) in [4.78, 5) is 40.1. The zero-order valence-electron chi connectivity index (χ0n) is 11.9. The van der Waals surface area contributed by atoms with E-state index in [0.29, 0.717) is 0 Å². The molecular formula is C13H16N4O3S. The number of hydrogen-bond donors (Lipinski definition) is 3. The zero-order valence-corrected chi connectivity index (χ0v) is 12.8. The molecule has 0 aliphatic heterocycles. The van der Waals surface area contributed by atoms with Crippen LogP contribution in [0.4, 0.5) is 0 Å². The molecule has 2 heterocycles. The van der Waals surface area contributed by atoms with Gasteiger partial charge in [-0.25, -0.2) is 4.98 Å². The minimum absolute atomic E-state index is 0.134. The smallest absolute Gasteiger partial charge is 0.266 e. The maximum Gasteiger partial charge on any atom is 0.266 e. The van der Waals surface area contributed by atoms with Crippen LogP contribution < -0.4 is 16.4 Å². The van der Waals surface area contributed by atoms with Crippen LogP contribution in [0, 0.1) is 13.8 Å². The molecule has 0 saturated heterocycles. The van der Waals surface area contributed by atoms with Crippen LogP contribution in [0.5, 0.6) is 0 Å². The van der Waals surface area contributed by atoms with Gasteiger partial charge < -0.3 is 5.32 Å². The number of nitrogens with zero attached hydrogens (tertiary/aromatic N) is 1. The molecule has 1 amide bonds. The Balaban J connectivity index is 2.08. The second-order valence-electron chi connectivity index (χ2n) is 4.75. The fourth-order valence-corrected chi connectivity index (χ4v) is 2.98. The maximum absolute atomic E-state index is 12.0. The second-order valence-corrected chi connectivity index (χ2v) is 6.16. The average molecular weight is 308 g/mol. The van der Waals surface area contributed by atoms with Gasteiger partial charge in [0.2, 0.25) is 5.91 Å². The Labute approximate surface area is 124 Å². The number of rotatable bonds is 4. The Kier molecular flexibility index (Phi) is 4.37. The highest BCUT2D eigenvalue weighted by atomic mass is 32.1. The Morgan fingerprint density at radius 1 is 1.38 bits per heavy atom. The highest BCUT2D eigenvalue weighted by Crippen LogP contribution is 2.22. The number of hydrogen-bond acceptors (Lipinski definition) is 5. The van der Waals surface area contributed by atoms with Gasteiger partial charge in [-0.05, 0) is 20.8 Å². The van der Waals surface area contributed by atoms with E-state index in [-0.39, 0.29) is 23.9 Å². The molecule has 3 N–H and O–H groups in total. The number of aryl methyl sites for hydroxylation is 2. The number of carbonyl (C=O) groups excluding carboxylic acids is 1. The summed E-state index contributed by atoms with van der Waals surface area (Å²) in [5, 5.41) is 8.07. The Hall–Kier alpha value is -2.22. The highest BCUT2D eigenvalue weighted by Gasteiger charge is 2.16. The third-order valence-electron chi connectivity index (χ3n) is 2.97. The summed E-state index contributed by atoms with van der Waals surface area (Å²) in [5.41, 5.74) is 0.0369. The van der Waals surface area contributed by atoms with E-state index in [1.807, 2.05) is 20.8 Å². The van der Waals surface area contributed by atoms with E-state index >= 15 is 0 Å². The first-order valence-electron chi connectivity index (χ1n) is 6.41. The molecule has 0 aromatic carbocycles. The first-order valence-corrected chi connectivity index (χ1v) is 7.22. The summed E-state index contributed by atoms with van der Waals surface area (Å²) in [6, 6.07) is 0.880. The molecule has 112 valence electrons. The molecule has 7 nitrogen and oxygen atoms in total. The SMILES string of the molecule is Cc1nc([C@@H](C)NC(=O)Cc2cc(=O)[nH][nH]c2=O)c(C)s1. The van der Waals surface area contributed by atoms with Crippen molar-refractivity contribution in [2.45, 2.75) is 33.2 Å². The van der Waals surface area contributed by atoms with Crippen LogP contribution in [0.2, 0.25) is 0 Å². The summed E-state index contributed by atoms with van der Waals surface area (Å²) in [7, 11) is 0. The standard InChI is InChI=1S/C13H16N4O3S/c1-6(12-7(2)21-8(3)15-12)14-10(18)4-9-5-11(19)16-17-13(9)20/h5-6H,4H2,1-3H3,(H,14,18)(H,16,19)(H,17,20)/t6-/m1/s1. The number of H-pyrrole nitrogens is 2. The molecule has 0 spiro atoms. The molecule has 21 heavy (non-hydrogen) atoms. The van der Waals surface area contributed by atoms with Crippen LogP contribution in [-0.2, 0) is 11.2 Å². The first kappa shape index (κ1) is 15.2. The van der Waals surface area contributed by atoms with Crippen molar-refractivity contribution in [1.29, 1.82) is 0 Å². The Bertz CT molecular complexity index is 774. The maximum atomic E-state index is 12.0. The van der Waals surface area contributed by atoms with Gasteiger partial charge in [-0.15, -0.1) is 11.3 Å². The molecule has 0 radical (unpaired) electrons. The van der Waals surface area contributed by atoms with Crippen LogP contribution in [0.25, 0.3) is 0 Å². The lowest BCUT2D eigenvalue weighted by atomic mass is 10.1. The molecule has 2 aromatic rings. The van der Waals surface area contributed by atoms with E-state index in [1.54, 1.807) is 11.3 Å². The molecule has 2 aromatic heterocycles. The normalized spacial score (nSPS) is 12.1. The summed E-state index contributed by atoms with van der Waals surface area (Å²) in [6.07, 6.45) is -0.147. The molecule has 0 unspecified atom stereocenters. The Morgan fingerprint density at radius 2 is 2.10 bits per heavy atom. The average Bonchev–Trinajstić information content (AvgIpc) is 2.73. The number of thiazole rings is 1. The van der Waals surface area contributed by atoms with Gasteiger partial charge in [-0.2, -0.15) is 0 Å². The van der Waals surface area contributed by atoms with Crippen molar-refractivity contribution in [3.63, 3.8) is 0 Å². The van der Waals surface area contributed by atoms with E-state index in [4.69, 9.17) is 0 Å². The van der Waals surface area contributed by atoms with Crippen LogP contribution in [0.15, 0.2) is 15.7 Å². The topological polar surface area (TPSA) is 108 Å². The number of carbonyl (C=O) groups is 1. The van der Waals surface area contributed by atoms with Gasteiger partial charge in [0.25, 0.3) is 11.1 Å². The predicted octanol–water partition coefficient (Wildman–Crippen LogP) is 0.556. The van der Waals surface area contributed by atoms with Crippen molar-refractivity contribution < 1.29 is 4.79 Å². The predicted molar refractivity (Wildman–Crippen MR) is 79.5 cm³/mol. The second kappa shape index (κ2) is 6.04. The molecule has 1 atom stereocenters. The lowest BCUT2D eigenvalue weighted by Crippen LogP contribution is -2.32. The number of aromatic amines is 2. The van der Waals surface area contributed by atoms with Crippen molar-refractivity contribution in [3.8, 4) is 0 Å². The van der Waals surface area contributed by atoms with Crippen molar-refractivity contribution >= 4 is 17.2 Å². The van der Waals surface area contributed by atoms with Crippen molar-refractivity contribution in [1.82, 2.24) is 20.5 Å². The van der Waals surface area contributed by atoms with Crippen LogP contribution in [0.1, 0.15) is 34.1 Å². The fraction of sp³-hybridized carbons (Fsp3) is 0.385. The monoisotopic (exact) mass is 308 g/mol. The van der Waals surface area contributed by atoms with Gasteiger partial charge in [-0.3, -0.25) is 24.6 Å².